The third kappa shape index (κ3) is 22.1. The maximum atomic E-state index is 11.0. The predicted octanol–water partition coefficient (Wildman–Crippen LogP) is 4.24. The highest BCUT2D eigenvalue weighted by atomic mass is 16.5. The molecule has 1 amide bonds. The van der Waals surface area contributed by atoms with Crippen LogP contribution in [0.5, 0.6) is 0 Å². The van der Waals surface area contributed by atoms with Crippen molar-refractivity contribution in [1.29, 1.82) is 0 Å². The summed E-state index contributed by atoms with van der Waals surface area (Å²) in [5, 5.41) is 2.82. The van der Waals surface area contributed by atoms with E-state index >= 15 is 0 Å². The van der Waals surface area contributed by atoms with Gasteiger partial charge in [-0.25, -0.2) is 0 Å². The van der Waals surface area contributed by atoms with Crippen LogP contribution in [0.15, 0.2) is 24.3 Å². The number of hydrogen-bond acceptors (Lipinski definition) is 2. The number of nitrogens with one attached hydrogen (secondary N) is 1. The molecule has 3 nitrogen and oxygen atoms in total. The van der Waals surface area contributed by atoms with Crippen LogP contribution in [0, 0.1) is 0 Å². The quantitative estimate of drug-likeness (QED) is 0.676. The van der Waals surface area contributed by atoms with Crippen LogP contribution in [0.25, 0.3) is 0 Å². The van der Waals surface area contributed by atoms with Crippen molar-refractivity contribution in [2.75, 3.05) is 6.61 Å². The molecule has 118 valence electrons. The second kappa shape index (κ2) is 12.9. The van der Waals surface area contributed by atoms with Crippen molar-refractivity contribution in [2.24, 2.45) is 0 Å². The zero-order chi connectivity index (χ0) is 16.1. The van der Waals surface area contributed by atoms with E-state index in [4.69, 9.17) is 4.74 Å². The Kier molecular flexibility index (Phi) is 13.7. The summed E-state index contributed by atoms with van der Waals surface area (Å²) in [5.41, 5.74) is 2.25. The zero-order valence-corrected chi connectivity index (χ0v) is 14.2. The average molecular weight is 283 g/mol. The van der Waals surface area contributed by atoms with Gasteiger partial charge in [-0.2, -0.15) is 0 Å². The van der Waals surface area contributed by atoms with Gasteiger partial charge in [0.05, 0.1) is 12.7 Å². The van der Waals surface area contributed by atoms with Gasteiger partial charge in [0.15, 0.2) is 0 Å². The van der Waals surface area contributed by atoms with Crippen LogP contribution in [-0.4, -0.2) is 24.7 Å². The Bertz CT molecular complexity index is 293. The molecule has 0 saturated heterocycles. The molecule has 0 aromatic carbocycles. The summed E-state index contributed by atoms with van der Waals surface area (Å²) >= 11 is 0. The Balaban J connectivity index is 0. The molecule has 0 radical (unpaired) electrons. The van der Waals surface area contributed by atoms with Gasteiger partial charge in [0.1, 0.15) is 0 Å². The first-order chi connectivity index (χ1) is 9.15. The monoisotopic (exact) mass is 283 g/mol. The summed E-state index contributed by atoms with van der Waals surface area (Å²) in [6, 6.07) is 0.243. The van der Waals surface area contributed by atoms with Gasteiger partial charge in [0.2, 0.25) is 5.91 Å². The lowest BCUT2D eigenvalue weighted by atomic mass is 10.2. The molecular formula is C17H33NO2. The van der Waals surface area contributed by atoms with Gasteiger partial charge in [-0.1, -0.05) is 11.1 Å². The van der Waals surface area contributed by atoms with Crippen molar-refractivity contribution in [1.82, 2.24) is 5.32 Å². The molecule has 0 aliphatic carbocycles. The van der Waals surface area contributed by atoms with Crippen molar-refractivity contribution in [3.8, 4) is 0 Å². The third-order valence-electron chi connectivity index (χ3n) is 2.21. The minimum Gasteiger partial charge on any atom is -0.378 e. The molecule has 0 bridgehead atoms. The number of ether oxygens (including phenoxy) is 1. The van der Waals surface area contributed by atoms with E-state index in [-0.39, 0.29) is 11.9 Å². The molecule has 20 heavy (non-hydrogen) atoms. The van der Waals surface area contributed by atoms with Gasteiger partial charge in [0, 0.05) is 12.5 Å². The van der Waals surface area contributed by atoms with Crippen molar-refractivity contribution >= 4 is 5.91 Å². The first-order valence-electron chi connectivity index (χ1n) is 7.34. The Labute approximate surface area is 125 Å². The molecule has 0 unspecified atom stereocenters. The summed E-state index contributed by atoms with van der Waals surface area (Å²) in [6.45, 7) is 20.3. The number of hydrogen-bond donors (Lipinski definition) is 1. The van der Waals surface area contributed by atoms with E-state index in [0.29, 0.717) is 12.5 Å². The maximum Gasteiger partial charge on any atom is 0.220 e. The molecule has 0 saturated carbocycles. The lowest BCUT2D eigenvalue weighted by molar-refractivity contribution is -0.121. The van der Waals surface area contributed by atoms with Gasteiger partial charge in [0.25, 0.3) is 0 Å². The van der Waals surface area contributed by atoms with Crippen LogP contribution in [-0.2, 0) is 9.53 Å². The SMILES string of the molecule is C=C(C)CCC(=O)NC(C)C.C=C(C)CCOC(C)C. The topological polar surface area (TPSA) is 38.3 Å². The highest BCUT2D eigenvalue weighted by molar-refractivity contribution is 5.76. The van der Waals surface area contributed by atoms with E-state index in [1.54, 1.807) is 0 Å². The minimum absolute atomic E-state index is 0.114. The first-order valence-corrected chi connectivity index (χ1v) is 7.34. The molecule has 0 heterocycles. The van der Waals surface area contributed by atoms with Crippen molar-refractivity contribution in [3.05, 3.63) is 24.3 Å². The fourth-order valence-electron chi connectivity index (χ4n) is 1.19. The molecule has 0 rings (SSSR count). The Morgan fingerprint density at radius 2 is 1.50 bits per heavy atom. The van der Waals surface area contributed by atoms with E-state index in [1.807, 2.05) is 41.5 Å². The number of carbonyl (C=O) groups is 1. The van der Waals surface area contributed by atoms with Crippen LogP contribution in [0.2, 0.25) is 0 Å². The summed E-state index contributed by atoms with van der Waals surface area (Å²) in [7, 11) is 0. The Morgan fingerprint density at radius 3 is 1.85 bits per heavy atom. The Morgan fingerprint density at radius 1 is 1.00 bits per heavy atom. The summed E-state index contributed by atoms with van der Waals surface area (Å²) in [5.74, 6) is 0.114. The van der Waals surface area contributed by atoms with Gasteiger partial charge in [-0.05, 0) is 54.4 Å². The van der Waals surface area contributed by atoms with Crippen molar-refractivity contribution < 1.29 is 9.53 Å². The number of amides is 1. The fraction of sp³-hybridized carbons (Fsp3) is 0.706. The van der Waals surface area contributed by atoms with Gasteiger partial charge in [-0.15, -0.1) is 13.2 Å². The number of allylic oxidation sites excluding steroid dienone is 1. The molecular weight excluding hydrogens is 250 g/mol. The maximum absolute atomic E-state index is 11.0. The molecule has 1 N–H and O–H groups in total. The molecule has 0 aromatic heterocycles. The van der Waals surface area contributed by atoms with E-state index in [9.17, 15) is 4.79 Å². The van der Waals surface area contributed by atoms with E-state index in [2.05, 4.69) is 18.5 Å². The van der Waals surface area contributed by atoms with Crippen LogP contribution in [0.3, 0.4) is 0 Å². The molecule has 0 fully saturated rings. The Hall–Kier alpha value is -1.09. The average Bonchev–Trinajstić information content (AvgIpc) is 2.25. The van der Waals surface area contributed by atoms with Gasteiger partial charge >= 0.3 is 0 Å². The molecule has 0 aliphatic rings. The fourth-order valence-corrected chi connectivity index (χ4v) is 1.19. The summed E-state index contributed by atoms with van der Waals surface area (Å²) < 4.78 is 5.29. The lowest BCUT2D eigenvalue weighted by Crippen LogP contribution is -2.29. The molecule has 0 aliphatic heterocycles. The molecule has 0 spiro atoms. The van der Waals surface area contributed by atoms with E-state index in [1.165, 1.54) is 5.57 Å². The van der Waals surface area contributed by atoms with E-state index in [0.717, 1.165) is 25.0 Å². The standard InChI is InChI=1S/C9H17NO.C8H16O/c1-7(2)5-6-9(11)10-8(3)4;1-7(2)5-6-9-8(3)4/h8H,1,5-6H2,2-4H3,(H,10,11);8H,1,5-6H2,2-4H3. The highest BCUT2D eigenvalue weighted by Crippen LogP contribution is 1.99. The first kappa shape index (κ1) is 21.2. The van der Waals surface area contributed by atoms with E-state index < -0.39 is 0 Å². The smallest absolute Gasteiger partial charge is 0.220 e. The second-order valence-electron chi connectivity index (χ2n) is 5.81. The van der Waals surface area contributed by atoms with Crippen LogP contribution < -0.4 is 5.32 Å². The third-order valence-corrected chi connectivity index (χ3v) is 2.21. The van der Waals surface area contributed by atoms with Gasteiger partial charge in [-0.3, -0.25) is 4.79 Å². The molecule has 0 atom stereocenters. The lowest BCUT2D eigenvalue weighted by Gasteiger charge is -2.07. The molecule has 0 aromatic rings. The van der Waals surface area contributed by atoms with Gasteiger partial charge < -0.3 is 10.1 Å². The normalized spacial score (nSPS) is 10.0. The number of carbonyl (C=O) groups excluding carboxylic acids is 1. The summed E-state index contributed by atoms with van der Waals surface area (Å²) in [6.07, 6.45) is 2.69. The highest BCUT2D eigenvalue weighted by Gasteiger charge is 2.01. The van der Waals surface area contributed by atoms with Crippen LogP contribution in [0.4, 0.5) is 0 Å². The second-order valence-corrected chi connectivity index (χ2v) is 5.81. The largest absolute Gasteiger partial charge is 0.378 e. The number of rotatable bonds is 8. The van der Waals surface area contributed by atoms with Crippen LogP contribution >= 0.6 is 0 Å². The van der Waals surface area contributed by atoms with Crippen molar-refractivity contribution in [2.45, 2.75) is 73.0 Å². The molecule has 3 heteroatoms. The summed E-state index contributed by atoms with van der Waals surface area (Å²) in [4.78, 5) is 11.0. The zero-order valence-electron chi connectivity index (χ0n) is 14.2. The van der Waals surface area contributed by atoms with Crippen LogP contribution in [0.1, 0.15) is 60.8 Å². The van der Waals surface area contributed by atoms with Crippen molar-refractivity contribution in [3.63, 3.8) is 0 Å². The minimum atomic E-state index is 0.114. The predicted molar refractivity (Wildman–Crippen MR) is 87.8 cm³/mol.